The Morgan fingerprint density at radius 1 is 1.15 bits per heavy atom. The van der Waals surface area contributed by atoms with Crippen molar-refractivity contribution in [2.75, 3.05) is 26.7 Å². The average molecular weight is 446 g/mol. The van der Waals surface area contributed by atoms with Gasteiger partial charge in [-0.25, -0.2) is 0 Å². The van der Waals surface area contributed by atoms with E-state index in [2.05, 4.69) is 34.7 Å². The molecule has 6 nitrogen and oxygen atoms in total. The van der Waals surface area contributed by atoms with E-state index in [0.29, 0.717) is 18.3 Å². The summed E-state index contributed by atoms with van der Waals surface area (Å²) in [5.41, 5.74) is 4.58. The molecule has 0 spiro atoms. The molecule has 0 radical (unpaired) electrons. The number of amides is 1. The number of benzene rings is 2. The van der Waals surface area contributed by atoms with Gasteiger partial charge in [-0.3, -0.25) is 4.79 Å². The molecule has 3 heterocycles. The van der Waals surface area contributed by atoms with Gasteiger partial charge in [0.15, 0.2) is 5.76 Å². The Kier molecular flexibility index (Phi) is 6.44. The van der Waals surface area contributed by atoms with Crippen LogP contribution in [0.4, 0.5) is 0 Å². The van der Waals surface area contributed by atoms with E-state index in [0.717, 1.165) is 68.2 Å². The number of carbonyl (C=O) groups excluding carboxylic acids is 1. The molecule has 5 rings (SSSR count). The molecule has 2 aliphatic rings. The SMILES string of the molecule is COc1ccc(-c2cc(C[C@H]3CNCC[C@H]3CC(=O)N3CCc4ccccc4C3)no2)cc1. The van der Waals surface area contributed by atoms with Gasteiger partial charge in [0.25, 0.3) is 0 Å². The predicted molar refractivity (Wildman–Crippen MR) is 127 cm³/mol. The van der Waals surface area contributed by atoms with Crippen molar-refractivity contribution in [1.29, 1.82) is 0 Å². The lowest BCUT2D eigenvalue weighted by atomic mass is 9.80. The summed E-state index contributed by atoms with van der Waals surface area (Å²) in [6.07, 6.45) is 3.39. The number of hydrogen-bond donors (Lipinski definition) is 1. The molecule has 0 saturated carbocycles. The van der Waals surface area contributed by atoms with Crippen LogP contribution in [-0.2, 0) is 24.2 Å². The Hall–Kier alpha value is -3.12. The number of nitrogens with zero attached hydrogens (tertiary/aromatic N) is 2. The Labute approximate surface area is 194 Å². The highest BCUT2D eigenvalue weighted by Crippen LogP contribution is 2.30. The van der Waals surface area contributed by atoms with Crippen LogP contribution >= 0.6 is 0 Å². The zero-order valence-corrected chi connectivity index (χ0v) is 19.1. The molecule has 1 aromatic heterocycles. The monoisotopic (exact) mass is 445 g/mol. The molecule has 6 heteroatoms. The maximum absolute atomic E-state index is 13.2. The van der Waals surface area contributed by atoms with Gasteiger partial charge in [-0.05, 0) is 79.6 Å². The zero-order valence-electron chi connectivity index (χ0n) is 19.1. The first-order valence-electron chi connectivity index (χ1n) is 11.8. The van der Waals surface area contributed by atoms with Gasteiger partial charge >= 0.3 is 0 Å². The number of aromatic nitrogens is 1. The van der Waals surface area contributed by atoms with E-state index in [4.69, 9.17) is 9.26 Å². The van der Waals surface area contributed by atoms with Crippen molar-refractivity contribution in [3.8, 4) is 17.1 Å². The zero-order chi connectivity index (χ0) is 22.6. The molecule has 2 atom stereocenters. The lowest BCUT2D eigenvalue weighted by Gasteiger charge is -2.34. The first-order valence-corrected chi connectivity index (χ1v) is 11.8. The van der Waals surface area contributed by atoms with Crippen LogP contribution in [0.2, 0.25) is 0 Å². The van der Waals surface area contributed by atoms with E-state index in [1.54, 1.807) is 7.11 Å². The Bertz CT molecular complexity index is 1090. The van der Waals surface area contributed by atoms with Gasteiger partial charge in [0.2, 0.25) is 5.91 Å². The largest absolute Gasteiger partial charge is 0.497 e. The third kappa shape index (κ3) is 4.96. The highest BCUT2D eigenvalue weighted by atomic mass is 16.5. The maximum atomic E-state index is 13.2. The van der Waals surface area contributed by atoms with Gasteiger partial charge in [0.05, 0.1) is 12.8 Å². The van der Waals surface area contributed by atoms with Crippen molar-refractivity contribution >= 4 is 5.91 Å². The van der Waals surface area contributed by atoms with Crippen LogP contribution in [0.5, 0.6) is 5.75 Å². The van der Waals surface area contributed by atoms with Gasteiger partial charge in [0, 0.05) is 31.1 Å². The molecule has 3 aromatic rings. The molecule has 33 heavy (non-hydrogen) atoms. The van der Waals surface area contributed by atoms with Crippen LogP contribution in [0.3, 0.4) is 0 Å². The van der Waals surface area contributed by atoms with Crippen molar-refractivity contribution < 1.29 is 14.1 Å². The number of carbonyl (C=O) groups is 1. The first kappa shape index (κ1) is 21.7. The van der Waals surface area contributed by atoms with Crippen molar-refractivity contribution in [2.45, 2.75) is 32.2 Å². The third-order valence-corrected chi connectivity index (χ3v) is 7.09. The number of nitrogens with one attached hydrogen (secondary N) is 1. The third-order valence-electron chi connectivity index (χ3n) is 7.09. The molecule has 172 valence electrons. The average Bonchev–Trinajstić information content (AvgIpc) is 3.33. The minimum atomic E-state index is 0.278. The lowest BCUT2D eigenvalue weighted by Crippen LogP contribution is -2.42. The van der Waals surface area contributed by atoms with Gasteiger partial charge in [0.1, 0.15) is 5.75 Å². The van der Waals surface area contributed by atoms with Gasteiger partial charge < -0.3 is 19.5 Å². The molecule has 1 saturated heterocycles. The fourth-order valence-corrected chi connectivity index (χ4v) is 5.11. The number of piperidine rings is 1. The second kappa shape index (κ2) is 9.79. The van der Waals surface area contributed by atoms with Gasteiger partial charge in [-0.1, -0.05) is 29.4 Å². The van der Waals surface area contributed by atoms with Crippen molar-refractivity contribution in [3.63, 3.8) is 0 Å². The molecule has 0 bridgehead atoms. The molecule has 1 amide bonds. The second-order valence-corrected chi connectivity index (χ2v) is 9.17. The molecule has 0 unspecified atom stereocenters. The molecule has 0 aliphatic carbocycles. The van der Waals surface area contributed by atoms with Crippen LogP contribution in [-0.4, -0.2) is 42.7 Å². The van der Waals surface area contributed by atoms with Crippen LogP contribution in [0.1, 0.15) is 29.7 Å². The summed E-state index contributed by atoms with van der Waals surface area (Å²) in [7, 11) is 1.66. The Morgan fingerprint density at radius 3 is 2.79 bits per heavy atom. The quantitative estimate of drug-likeness (QED) is 0.619. The number of hydrogen-bond acceptors (Lipinski definition) is 5. The summed E-state index contributed by atoms with van der Waals surface area (Å²) in [6.45, 7) is 3.43. The second-order valence-electron chi connectivity index (χ2n) is 9.17. The molecule has 2 aliphatic heterocycles. The standard InChI is InChI=1S/C27H31N3O3/c1-32-25-8-6-20(7-9-25)26-16-24(29-33-26)14-23-17-28-12-10-21(23)15-27(31)30-13-11-19-4-2-3-5-22(19)18-30/h2-9,16,21,23,28H,10-15,17-18H2,1H3/t21-,23-/m0/s1. The topological polar surface area (TPSA) is 67.6 Å². The normalized spacial score (nSPS) is 20.3. The Balaban J connectivity index is 1.22. The number of methoxy groups -OCH3 is 1. The highest BCUT2D eigenvalue weighted by molar-refractivity contribution is 5.77. The fraction of sp³-hybridized carbons (Fsp3) is 0.407. The number of fused-ring (bicyclic) bond motifs is 1. The predicted octanol–water partition coefficient (Wildman–Crippen LogP) is 4.09. The molecule has 1 fully saturated rings. The summed E-state index contributed by atoms with van der Waals surface area (Å²) in [5.74, 6) is 2.58. The summed E-state index contributed by atoms with van der Waals surface area (Å²) in [4.78, 5) is 15.2. The number of rotatable bonds is 6. The van der Waals surface area contributed by atoms with Crippen LogP contribution < -0.4 is 10.1 Å². The summed E-state index contributed by atoms with van der Waals surface area (Å²) >= 11 is 0. The first-order chi connectivity index (χ1) is 16.2. The van der Waals surface area contributed by atoms with E-state index >= 15 is 0 Å². The van der Waals surface area contributed by atoms with Crippen LogP contribution in [0, 0.1) is 11.8 Å². The molecular weight excluding hydrogens is 414 g/mol. The lowest BCUT2D eigenvalue weighted by molar-refractivity contribution is -0.133. The Morgan fingerprint density at radius 2 is 1.97 bits per heavy atom. The van der Waals surface area contributed by atoms with Crippen LogP contribution in [0.15, 0.2) is 59.1 Å². The van der Waals surface area contributed by atoms with Crippen LogP contribution in [0.25, 0.3) is 11.3 Å². The summed E-state index contributed by atoms with van der Waals surface area (Å²) in [5, 5.41) is 7.83. The van der Waals surface area contributed by atoms with Gasteiger partial charge in [-0.15, -0.1) is 0 Å². The fourth-order valence-electron chi connectivity index (χ4n) is 5.11. The number of ether oxygens (including phenoxy) is 1. The smallest absolute Gasteiger partial charge is 0.223 e. The van der Waals surface area contributed by atoms with E-state index < -0.39 is 0 Å². The van der Waals surface area contributed by atoms with E-state index in [1.807, 2.05) is 35.2 Å². The molecule has 1 N–H and O–H groups in total. The molecule has 2 aromatic carbocycles. The van der Waals surface area contributed by atoms with Crippen molar-refractivity contribution in [1.82, 2.24) is 15.4 Å². The minimum Gasteiger partial charge on any atom is -0.497 e. The molecular formula is C27H31N3O3. The van der Waals surface area contributed by atoms with E-state index in [1.165, 1.54) is 11.1 Å². The van der Waals surface area contributed by atoms with E-state index in [-0.39, 0.29) is 5.91 Å². The maximum Gasteiger partial charge on any atom is 0.223 e. The van der Waals surface area contributed by atoms with Gasteiger partial charge in [-0.2, -0.15) is 0 Å². The summed E-state index contributed by atoms with van der Waals surface area (Å²) < 4.78 is 10.9. The summed E-state index contributed by atoms with van der Waals surface area (Å²) in [6, 6.07) is 18.3. The minimum absolute atomic E-state index is 0.278. The van der Waals surface area contributed by atoms with E-state index in [9.17, 15) is 4.79 Å². The van der Waals surface area contributed by atoms with Crippen molar-refractivity contribution in [3.05, 3.63) is 71.4 Å². The van der Waals surface area contributed by atoms with Crippen molar-refractivity contribution in [2.24, 2.45) is 11.8 Å². The highest BCUT2D eigenvalue weighted by Gasteiger charge is 2.30.